The van der Waals surface area contributed by atoms with Crippen molar-refractivity contribution in [3.63, 3.8) is 0 Å². The van der Waals surface area contributed by atoms with Crippen molar-refractivity contribution in [2.24, 2.45) is 23.1 Å². The van der Waals surface area contributed by atoms with Gasteiger partial charge in [-0.05, 0) is 69.7 Å². The topological polar surface area (TPSA) is 372 Å². The van der Waals surface area contributed by atoms with Crippen LogP contribution in [0.4, 0.5) is 0 Å². The molecule has 2 aliphatic heterocycles. The van der Waals surface area contributed by atoms with Crippen LogP contribution in [0.1, 0.15) is 85.1 Å². The fourth-order valence-corrected chi connectivity index (χ4v) is 9.76. The number of benzene rings is 1. The van der Waals surface area contributed by atoms with E-state index in [0.29, 0.717) is 37.2 Å². The van der Waals surface area contributed by atoms with E-state index < -0.39 is 132 Å². The molecule has 0 spiro atoms. The van der Waals surface area contributed by atoms with Crippen LogP contribution in [-0.4, -0.2) is 156 Å². The number of primary amides is 2. The molecule has 9 atom stereocenters. The van der Waals surface area contributed by atoms with Crippen LogP contribution in [0.25, 0.3) is 0 Å². The van der Waals surface area contributed by atoms with Gasteiger partial charge in [0.2, 0.25) is 59.1 Å². The van der Waals surface area contributed by atoms with Gasteiger partial charge >= 0.3 is 5.97 Å². The van der Waals surface area contributed by atoms with E-state index >= 15 is 0 Å². The lowest BCUT2D eigenvalue weighted by molar-refractivity contribution is -0.150. The van der Waals surface area contributed by atoms with Crippen molar-refractivity contribution in [1.82, 2.24) is 42.1 Å². The molecule has 0 saturated carbocycles. The minimum atomic E-state index is -1.76. The minimum absolute atomic E-state index is 0.00629. The Morgan fingerprint density at radius 2 is 1.51 bits per heavy atom. The summed E-state index contributed by atoms with van der Waals surface area (Å²) in [5.74, 6) is -9.09. The van der Waals surface area contributed by atoms with Gasteiger partial charge in [0.05, 0.1) is 19.6 Å². The predicted octanol–water partition coefficient (Wildman–Crippen LogP) is -2.47. The molecule has 26 heteroatoms. The molecule has 1 aromatic carbocycles. The maximum absolute atomic E-state index is 14.5. The Bertz CT molecular complexity index is 2070. The molecule has 24 nitrogen and oxygen atoms in total. The molecule has 2 heterocycles. The molecule has 2 aliphatic rings. The van der Waals surface area contributed by atoms with E-state index in [1.807, 2.05) is 6.92 Å². The van der Waals surface area contributed by atoms with Gasteiger partial charge in [0.25, 0.3) is 0 Å². The average molecular weight is 1040 g/mol. The monoisotopic (exact) mass is 1040 g/mol. The fourth-order valence-electron chi connectivity index (χ4n) is 7.61. The van der Waals surface area contributed by atoms with Crippen molar-refractivity contribution in [3.8, 4) is 5.75 Å². The Labute approximate surface area is 420 Å². The van der Waals surface area contributed by atoms with Crippen LogP contribution >= 0.6 is 21.6 Å². The predicted molar refractivity (Wildman–Crippen MR) is 262 cm³/mol. The fraction of sp³-hybridized carbons (Fsp3) is 0.622. The smallest absolute Gasteiger partial charge is 0.302 e. The molecule has 1 aromatic rings. The van der Waals surface area contributed by atoms with E-state index in [2.05, 4.69) is 37.2 Å². The molecule has 0 aromatic heterocycles. The zero-order chi connectivity index (χ0) is 52.8. The highest BCUT2D eigenvalue weighted by molar-refractivity contribution is 8.76. The lowest BCUT2D eigenvalue weighted by Gasteiger charge is -2.32. The second-order valence-corrected chi connectivity index (χ2v) is 19.7. The van der Waals surface area contributed by atoms with Crippen LogP contribution in [0, 0.1) is 5.92 Å². The molecular formula is C45H69N11O13S2. The number of nitrogens with one attached hydrogen (secondary N) is 7. The SMILES string of the molecule is CCOc1ccc(CC2NC(=O)CCSSC[C@@H](C(=O)N3CCC[C@H]3C(=O)N[C@@H](CCCN)C(=O)NCC(N)=O)NC(=O)C(CC(N)=O)NC(=O)[C@H]([C@@H](C)OC(C)=O)NC(=O)C([C@@H](C)CC)NC2=O)cc1. The van der Waals surface area contributed by atoms with Gasteiger partial charge in [0, 0.05) is 37.8 Å². The summed E-state index contributed by atoms with van der Waals surface area (Å²) >= 11 is 0. The number of nitrogens with two attached hydrogens (primary N) is 3. The number of carbonyl (C=O) groups excluding carboxylic acids is 11. The summed E-state index contributed by atoms with van der Waals surface area (Å²) in [6.45, 7) is 7.83. The third-order valence-electron chi connectivity index (χ3n) is 11.5. The largest absolute Gasteiger partial charge is 0.494 e. The van der Waals surface area contributed by atoms with Gasteiger partial charge in [-0.25, -0.2) is 0 Å². The molecular weight excluding hydrogens is 967 g/mol. The summed E-state index contributed by atoms with van der Waals surface area (Å²) in [6.07, 6.45) is -0.987. The summed E-state index contributed by atoms with van der Waals surface area (Å²) < 4.78 is 10.8. The van der Waals surface area contributed by atoms with Gasteiger partial charge in [0.15, 0.2) is 0 Å². The maximum atomic E-state index is 14.5. The van der Waals surface area contributed by atoms with Crippen molar-refractivity contribution in [2.75, 3.05) is 37.7 Å². The number of amides is 10. The van der Waals surface area contributed by atoms with Gasteiger partial charge in [-0.3, -0.25) is 52.7 Å². The van der Waals surface area contributed by atoms with Crippen molar-refractivity contribution in [2.45, 2.75) is 134 Å². The van der Waals surface area contributed by atoms with Gasteiger partial charge < -0.3 is 68.8 Å². The standard InChI is InChI=1S/C45H69N11O13S2/c1-6-24(3)37-43(65)55-38(25(4)69-26(5)57)44(66)52-31(21-34(47)58)40(62)53-32(45(67)56-18-9-11-33(56)42(64)51-29(10-8-17-46)39(61)49-22-35(48)59)23-71-70-19-16-36(60)50-30(41(63)54-37)20-27-12-14-28(15-13-27)68-7-2/h12-15,24-25,29-33,37-38H,6-11,16-23,46H2,1-5H3,(H2,47,58)(H2,48,59)(H,49,61)(H,50,60)(H,51,64)(H,52,66)(H,53,62)(H,54,63)(H,55,65)/t24-,25+,29-,30?,31?,32-,33-,37?,38-/m0/s1. The van der Waals surface area contributed by atoms with Crippen molar-refractivity contribution >= 4 is 86.6 Å². The Balaban J connectivity index is 2.05. The Hall–Kier alpha value is -6.15. The van der Waals surface area contributed by atoms with E-state index in [0.717, 1.165) is 28.5 Å². The number of nitrogens with zero attached hydrogens (tertiary/aromatic N) is 1. The highest BCUT2D eigenvalue weighted by Crippen LogP contribution is 2.26. The Morgan fingerprint density at radius 1 is 0.845 bits per heavy atom. The zero-order valence-electron chi connectivity index (χ0n) is 40.7. The third-order valence-corrected chi connectivity index (χ3v) is 13.9. The first kappa shape index (κ1) is 59.2. The number of hydrogen-bond acceptors (Lipinski definition) is 16. The average Bonchev–Trinajstić information content (AvgIpc) is 3.82. The van der Waals surface area contributed by atoms with Crippen LogP contribution in [0.3, 0.4) is 0 Å². The Morgan fingerprint density at radius 3 is 2.13 bits per heavy atom. The second-order valence-electron chi connectivity index (χ2n) is 17.1. The van der Waals surface area contributed by atoms with Crippen molar-refractivity contribution < 1.29 is 62.2 Å². The van der Waals surface area contributed by atoms with E-state index in [9.17, 15) is 52.7 Å². The van der Waals surface area contributed by atoms with E-state index in [1.165, 1.54) is 11.8 Å². The normalized spacial score (nSPS) is 23.2. The summed E-state index contributed by atoms with van der Waals surface area (Å²) in [6, 6.07) is -2.79. The van der Waals surface area contributed by atoms with Crippen molar-refractivity contribution in [3.05, 3.63) is 29.8 Å². The van der Waals surface area contributed by atoms with Crippen molar-refractivity contribution in [1.29, 1.82) is 0 Å². The minimum Gasteiger partial charge on any atom is -0.494 e. The van der Waals surface area contributed by atoms with Gasteiger partial charge in [-0.15, -0.1) is 0 Å². The highest BCUT2D eigenvalue weighted by atomic mass is 33.1. The van der Waals surface area contributed by atoms with E-state index in [-0.39, 0.29) is 50.3 Å². The molecule has 0 aliphatic carbocycles. The molecule has 3 unspecified atom stereocenters. The Kier molecular flexibility index (Phi) is 24.9. The van der Waals surface area contributed by atoms with Gasteiger partial charge in [0.1, 0.15) is 54.1 Å². The molecule has 0 radical (unpaired) electrons. The van der Waals surface area contributed by atoms with Crippen LogP contribution in [0.5, 0.6) is 5.75 Å². The number of hydrogen-bond donors (Lipinski definition) is 10. The van der Waals surface area contributed by atoms with Crippen LogP contribution in [-0.2, 0) is 63.9 Å². The highest BCUT2D eigenvalue weighted by Gasteiger charge is 2.41. The second kappa shape index (κ2) is 29.9. The number of rotatable bonds is 19. The third kappa shape index (κ3) is 19.5. The molecule has 3 rings (SSSR count). The molecule has 2 fully saturated rings. The van der Waals surface area contributed by atoms with Crippen LogP contribution < -0.4 is 59.2 Å². The number of likely N-dealkylation sites (tertiary alicyclic amines) is 1. The van der Waals surface area contributed by atoms with Crippen LogP contribution in [0.15, 0.2) is 24.3 Å². The van der Waals surface area contributed by atoms with E-state index in [1.54, 1.807) is 38.1 Å². The van der Waals surface area contributed by atoms with Gasteiger partial charge in [-0.1, -0.05) is 54.0 Å². The lowest BCUT2D eigenvalue weighted by Crippen LogP contribution is -2.63. The summed E-state index contributed by atoms with van der Waals surface area (Å²) in [7, 11) is 2.25. The van der Waals surface area contributed by atoms with E-state index in [4.69, 9.17) is 26.7 Å². The molecule has 10 amide bonds. The molecule has 13 N–H and O–H groups in total. The zero-order valence-corrected chi connectivity index (χ0v) is 42.3. The van der Waals surface area contributed by atoms with Gasteiger partial charge in [-0.2, -0.15) is 0 Å². The summed E-state index contributed by atoms with van der Waals surface area (Å²) in [5.41, 5.74) is 17.0. The number of carbonyl (C=O) groups is 11. The summed E-state index contributed by atoms with van der Waals surface area (Å²) in [4.78, 5) is 149. The first-order chi connectivity index (χ1) is 33.7. The molecule has 394 valence electrons. The maximum Gasteiger partial charge on any atom is 0.302 e. The quantitative estimate of drug-likeness (QED) is 0.0507. The first-order valence-corrected chi connectivity index (χ1v) is 26.0. The lowest BCUT2D eigenvalue weighted by atomic mass is 9.96. The number of esters is 1. The number of ether oxygens (including phenoxy) is 2. The first-order valence-electron chi connectivity index (χ1n) is 23.5. The molecule has 0 bridgehead atoms. The summed E-state index contributed by atoms with van der Waals surface area (Å²) in [5, 5.41) is 18.0. The molecule has 71 heavy (non-hydrogen) atoms. The van der Waals surface area contributed by atoms with Crippen LogP contribution in [0.2, 0.25) is 0 Å². The molecule has 2 saturated heterocycles.